The van der Waals surface area contributed by atoms with Gasteiger partial charge in [0, 0.05) is 30.2 Å². The summed E-state index contributed by atoms with van der Waals surface area (Å²) in [5.41, 5.74) is 1.22. The smallest absolute Gasteiger partial charge is 0.308 e. The fourth-order valence-electron chi connectivity index (χ4n) is 2.38. The molecule has 0 aliphatic heterocycles. The third-order valence-electron chi connectivity index (χ3n) is 3.69. The Morgan fingerprint density at radius 1 is 0.962 bits per heavy atom. The molecule has 0 aliphatic carbocycles. The summed E-state index contributed by atoms with van der Waals surface area (Å²) in [6, 6.07) is 10.3. The maximum absolute atomic E-state index is 11.3. The Labute approximate surface area is 152 Å². The fourth-order valence-corrected chi connectivity index (χ4v) is 2.38. The number of esters is 1. The van der Waals surface area contributed by atoms with Crippen molar-refractivity contribution in [3.05, 3.63) is 53.6 Å². The Hall–Kier alpha value is -2.99. The molecule has 138 valence electrons. The van der Waals surface area contributed by atoms with Crippen molar-refractivity contribution in [1.29, 1.82) is 0 Å². The second-order valence-electron chi connectivity index (χ2n) is 5.41. The lowest BCUT2D eigenvalue weighted by molar-refractivity contribution is -0.131. The van der Waals surface area contributed by atoms with Gasteiger partial charge in [-0.1, -0.05) is 12.2 Å². The van der Waals surface area contributed by atoms with Gasteiger partial charge in [-0.2, -0.15) is 0 Å². The predicted octanol–water partition coefficient (Wildman–Crippen LogP) is 3.38. The lowest BCUT2D eigenvalue weighted by Crippen LogP contribution is -2.06. The van der Waals surface area contributed by atoms with Crippen LogP contribution in [0.4, 0.5) is 0 Å². The van der Waals surface area contributed by atoms with Crippen LogP contribution in [0.15, 0.2) is 42.5 Å². The molecule has 1 unspecified atom stereocenters. The Balaban J connectivity index is 2.30. The number of carbonyl (C=O) groups excluding carboxylic acids is 1. The minimum absolute atomic E-state index is 0.246. The van der Waals surface area contributed by atoms with Crippen LogP contribution in [0, 0.1) is 0 Å². The second kappa shape index (κ2) is 8.92. The summed E-state index contributed by atoms with van der Waals surface area (Å²) in [5.74, 6) is 1.58. The summed E-state index contributed by atoms with van der Waals surface area (Å²) in [4.78, 5) is 11.3. The summed E-state index contributed by atoms with van der Waals surface area (Å²) in [5, 5.41) is 10.5. The molecule has 0 heterocycles. The van der Waals surface area contributed by atoms with Crippen molar-refractivity contribution in [2.24, 2.45) is 0 Å². The zero-order valence-electron chi connectivity index (χ0n) is 15.2. The van der Waals surface area contributed by atoms with Crippen molar-refractivity contribution in [2.75, 3.05) is 21.3 Å². The SMILES string of the molecule is COc1ccc(C=CC(O)c2ccc(OC)cc2OC(C)=O)c(OC)c1. The zero-order chi connectivity index (χ0) is 19.1. The van der Waals surface area contributed by atoms with Gasteiger partial charge in [0.2, 0.25) is 0 Å². The molecule has 0 saturated heterocycles. The third kappa shape index (κ3) is 4.77. The fraction of sp³-hybridized carbons (Fsp3) is 0.250. The van der Waals surface area contributed by atoms with Crippen LogP contribution in [0.2, 0.25) is 0 Å². The van der Waals surface area contributed by atoms with E-state index in [9.17, 15) is 9.90 Å². The van der Waals surface area contributed by atoms with E-state index in [2.05, 4.69) is 0 Å². The van der Waals surface area contributed by atoms with Gasteiger partial charge in [-0.3, -0.25) is 4.79 Å². The van der Waals surface area contributed by atoms with Crippen LogP contribution >= 0.6 is 0 Å². The average molecular weight is 358 g/mol. The first-order valence-electron chi connectivity index (χ1n) is 7.93. The van der Waals surface area contributed by atoms with Crippen LogP contribution < -0.4 is 18.9 Å². The van der Waals surface area contributed by atoms with Gasteiger partial charge in [-0.15, -0.1) is 0 Å². The molecule has 26 heavy (non-hydrogen) atoms. The van der Waals surface area contributed by atoms with Crippen LogP contribution in [0.5, 0.6) is 23.0 Å². The molecule has 0 saturated carbocycles. The number of benzene rings is 2. The number of aliphatic hydroxyl groups excluding tert-OH is 1. The topological polar surface area (TPSA) is 74.2 Å². The first-order valence-corrected chi connectivity index (χ1v) is 7.93. The highest BCUT2D eigenvalue weighted by molar-refractivity contribution is 5.70. The van der Waals surface area contributed by atoms with Crippen LogP contribution in [0.3, 0.4) is 0 Å². The largest absolute Gasteiger partial charge is 0.497 e. The molecule has 2 aromatic carbocycles. The predicted molar refractivity (Wildman–Crippen MR) is 97.8 cm³/mol. The molecule has 0 radical (unpaired) electrons. The molecule has 2 rings (SSSR count). The van der Waals surface area contributed by atoms with Gasteiger partial charge < -0.3 is 24.1 Å². The summed E-state index contributed by atoms with van der Waals surface area (Å²) < 4.78 is 20.8. The summed E-state index contributed by atoms with van der Waals surface area (Å²) in [6.07, 6.45) is 2.33. The molecule has 0 bridgehead atoms. The van der Waals surface area contributed by atoms with E-state index in [0.29, 0.717) is 22.8 Å². The maximum Gasteiger partial charge on any atom is 0.308 e. The number of rotatable bonds is 7. The van der Waals surface area contributed by atoms with Crippen LogP contribution in [-0.2, 0) is 4.79 Å². The number of hydrogen-bond acceptors (Lipinski definition) is 6. The first kappa shape index (κ1) is 19.3. The summed E-state index contributed by atoms with van der Waals surface area (Å²) in [6.45, 7) is 1.30. The Bertz CT molecular complexity index is 797. The number of aliphatic hydroxyl groups is 1. The molecule has 1 atom stereocenters. The highest BCUT2D eigenvalue weighted by Crippen LogP contribution is 2.32. The highest BCUT2D eigenvalue weighted by Gasteiger charge is 2.14. The molecular formula is C20H22O6. The van der Waals surface area contributed by atoms with E-state index in [-0.39, 0.29) is 5.75 Å². The van der Waals surface area contributed by atoms with E-state index in [0.717, 1.165) is 5.56 Å². The quantitative estimate of drug-likeness (QED) is 0.604. The molecule has 0 amide bonds. The standard InChI is InChI=1S/C20H22O6/c1-13(21)26-20-12-16(24-3)8-9-17(20)18(22)10-6-14-5-7-15(23-2)11-19(14)25-4/h5-12,18,22H,1-4H3. The Morgan fingerprint density at radius 3 is 2.15 bits per heavy atom. The maximum atomic E-state index is 11.3. The van der Waals surface area contributed by atoms with Gasteiger partial charge >= 0.3 is 5.97 Å². The van der Waals surface area contributed by atoms with E-state index in [1.54, 1.807) is 56.7 Å². The van der Waals surface area contributed by atoms with E-state index in [4.69, 9.17) is 18.9 Å². The monoisotopic (exact) mass is 358 g/mol. The second-order valence-corrected chi connectivity index (χ2v) is 5.41. The minimum Gasteiger partial charge on any atom is -0.497 e. The first-order chi connectivity index (χ1) is 12.5. The third-order valence-corrected chi connectivity index (χ3v) is 3.69. The van der Waals surface area contributed by atoms with Gasteiger partial charge in [-0.25, -0.2) is 0 Å². The number of carbonyl (C=O) groups is 1. The Kier molecular flexibility index (Phi) is 6.63. The van der Waals surface area contributed by atoms with E-state index in [1.165, 1.54) is 14.0 Å². The van der Waals surface area contributed by atoms with Crippen LogP contribution in [0.1, 0.15) is 24.2 Å². The Morgan fingerprint density at radius 2 is 1.58 bits per heavy atom. The van der Waals surface area contributed by atoms with Crippen molar-refractivity contribution in [1.82, 2.24) is 0 Å². The lowest BCUT2D eigenvalue weighted by atomic mass is 10.1. The number of methoxy groups -OCH3 is 3. The average Bonchev–Trinajstić information content (AvgIpc) is 2.65. The van der Waals surface area contributed by atoms with Gasteiger partial charge in [0.25, 0.3) is 0 Å². The minimum atomic E-state index is -0.984. The molecule has 0 fully saturated rings. The van der Waals surface area contributed by atoms with Crippen LogP contribution in [-0.4, -0.2) is 32.4 Å². The molecule has 6 heteroatoms. The van der Waals surface area contributed by atoms with Gasteiger partial charge in [-0.05, 0) is 24.3 Å². The molecule has 1 N–H and O–H groups in total. The molecule has 2 aromatic rings. The highest BCUT2D eigenvalue weighted by atomic mass is 16.5. The van der Waals surface area contributed by atoms with Crippen molar-refractivity contribution in [2.45, 2.75) is 13.0 Å². The summed E-state index contributed by atoms with van der Waals surface area (Å²) in [7, 11) is 4.65. The zero-order valence-corrected chi connectivity index (χ0v) is 15.2. The van der Waals surface area contributed by atoms with Gasteiger partial charge in [0.05, 0.1) is 21.3 Å². The molecule has 6 nitrogen and oxygen atoms in total. The number of hydrogen-bond donors (Lipinski definition) is 1. The molecular weight excluding hydrogens is 336 g/mol. The normalized spacial score (nSPS) is 11.9. The van der Waals surface area contributed by atoms with E-state index < -0.39 is 12.1 Å². The lowest BCUT2D eigenvalue weighted by Gasteiger charge is -2.14. The van der Waals surface area contributed by atoms with Gasteiger partial charge in [0.1, 0.15) is 29.1 Å². The molecule has 0 aliphatic rings. The molecule has 0 aromatic heterocycles. The number of ether oxygens (including phenoxy) is 4. The van der Waals surface area contributed by atoms with E-state index in [1.807, 2.05) is 6.07 Å². The summed E-state index contributed by atoms with van der Waals surface area (Å²) >= 11 is 0. The van der Waals surface area contributed by atoms with Crippen LogP contribution in [0.25, 0.3) is 6.08 Å². The molecule has 0 spiro atoms. The van der Waals surface area contributed by atoms with Crippen molar-refractivity contribution in [3.8, 4) is 23.0 Å². The van der Waals surface area contributed by atoms with Gasteiger partial charge in [0.15, 0.2) is 0 Å². The van der Waals surface area contributed by atoms with E-state index >= 15 is 0 Å². The van der Waals surface area contributed by atoms with Crippen molar-refractivity contribution >= 4 is 12.0 Å². The van der Waals surface area contributed by atoms with Crippen molar-refractivity contribution < 1.29 is 28.8 Å². The van der Waals surface area contributed by atoms with Crippen molar-refractivity contribution in [3.63, 3.8) is 0 Å².